The Labute approximate surface area is 250 Å². The monoisotopic (exact) mass is 567 g/mol. The SMILES string of the molecule is CC.CC.CC(C)(C)OC(=O)N1CCC(Cn2ccc3c(-c4ccc(C#N)cc4)c(-c4ccc(N)cc4)ncc32)CC1. The summed E-state index contributed by atoms with van der Waals surface area (Å²) in [6.45, 7) is 16.0. The Morgan fingerprint density at radius 2 is 1.57 bits per heavy atom. The highest BCUT2D eigenvalue weighted by molar-refractivity contribution is 6.01. The summed E-state index contributed by atoms with van der Waals surface area (Å²) in [6.07, 6.45) is 5.71. The van der Waals surface area contributed by atoms with Crippen molar-refractivity contribution < 1.29 is 9.53 Å². The fourth-order valence-corrected chi connectivity index (χ4v) is 5.08. The Bertz CT molecular complexity index is 1480. The Morgan fingerprint density at radius 1 is 0.976 bits per heavy atom. The molecule has 0 bridgehead atoms. The van der Waals surface area contributed by atoms with E-state index in [0.717, 1.165) is 52.7 Å². The van der Waals surface area contributed by atoms with Crippen molar-refractivity contribution in [1.82, 2.24) is 14.5 Å². The van der Waals surface area contributed by atoms with E-state index in [2.05, 4.69) is 22.9 Å². The second-order valence-electron chi connectivity index (χ2n) is 11.0. The molecular formula is C35H45N5O2. The number of benzene rings is 2. The van der Waals surface area contributed by atoms with E-state index in [4.69, 9.17) is 15.5 Å². The minimum atomic E-state index is -0.483. The number of nitrogens with two attached hydrogens (primary N) is 1. The Hall–Kier alpha value is -4.31. The van der Waals surface area contributed by atoms with E-state index in [1.165, 1.54) is 0 Å². The number of ether oxygens (including phenoxy) is 1. The fraction of sp³-hybridized carbons (Fsp3) is 0.400. The van der Waals surface area contributed by atoms with Crippen LogP contribution < -0.4 is 5.73 Å². The third-order valence-corrected chi connectivity index (χ3v) is 7.04. The summed E-state index contributed by atoms with van der Waals surface area (Å²) in [4.78, 5) is 19.2. The van der Waals surface area contributed by atoms with Gasteiger partial charge in [0.05, 0.1) is 29.0 Å². The summed E-state index contributed by atoms with van der Waals surface area (Å²) in [5.41, 5.74) is 11.8. The van der Waals surface area contributed by atoms with E-state index in [9.17, 15) is 10.1 Å². The molecular weight excluding hydrogens is 522 g/mol. The van der Waals surface area contributed by atoms with E-state index in [0.29, 0.717) is 30.3 Å². The van der Waals surface area contributed by atoms with Gasteiger partial charge < -0.3 is 19.9 Å². The second kappa shape index (κ2) is 14.5. The van der Waals surface area contributed by atoms with E-state index in [1.807, 2.05) is 108 Å². The van der Waals surface area contributed by atoms with Gasteiger partial charge in [-0.2, -0.15) is 5.26 Å². The molecule has 222 valence electrons. The highest BCUT2D eigenvalue weighted by Gasteiger charge is 2.27. The van der Waals surface area contributed by atoms with Crippen molar-refractivity contribution in [2.24, 2.45) is 5.92 Å². The van der Waals surface area contributed by atoms with Crippen LogP contribution in [0.1, 0.15) is 66.9 Å². The molecule has 2 aromatic carbocycles. The third-order valence-electron chi connectivity index (χ3n) is 7.04. The van der Waals surface area contributed by atoms with Crippen LogP contribution in [0, 0.1) is 17.2 Å². The number of piperidine rings is 1. The van der Waals surface area contributed by atoms with Crippen LogP contribution in [0.3, 0.4) is 0 Å². The van der Waals surface area contributed by atoms with Crippen LogP contribution in [0.15, 0.2) is 67.0 Å². The average molecular weight is 568 g/mol. The molecule has 5 rings (SSSR count). The predicted octanol–water partition coefficient (Wildman–Crippen LogP) is 8.52. The molecule has 0 radical (unpaired) electrons. The first kappa shape index (κ1) is 32.2. The molecule has 2 aromatic heterocycles. The van der Waals surface area contributed by atoms with E-state index in [1.54, 1.807) is 0 Å². The number of nitrogen functional groups attached to an aromatic ring is 1. The molecule has 4 aromatic rings. The predicted molar refractivity (Wildman–Crippen MR) is 173 cm³/mol. The summed E-state index contributed by atoms with van der Waals surface area (Å²) in [7, 11) is 0. The maximum absolute atomic E-state index is 12.5. The Balaban J connectivity index is 0.00000116. The largest absolute Gasteiger partial charge is 0.444 e. The Kier molecular flexibility index (Phi) is 11.2. The number of nitrogens with zero attached hydrogens (tertiary/aromatic N) is 4. The minimum absolute atomic E-state index is 0.228. The third kappa shape index (κ3) is 7.70. The number of anilines is 1. The summed E-state index contributed by atoms with van der Waals surface area (Å²) in [5.74, 6) is 0.458. The van der Waals surface area contributed by atoms with Crippen molar-refractivity contribution >= 4 is 22.7 Å². The Morgan fingerprint density at radius 3 is 2.14 bits per heavy atom. The normalized spacial score (nSPS) is 13.3. The zero-order valence-electron chi connectivity index (χ0n) is 26.1. The average Bonchev–Trinajstić information content (AvgIpc) is 3.41. The quantitative estimate of drug-likeness (QED) is 0.249. The van der Waals surface area contributed by atoms with E-state index < -0.39 is 5.60 Å². The fourth-order valence-electron chi connectivity index (χ4n) is 5.08. The van der Waals surface area contributed by atoms with Crippen molar-refractivity contribution in [3.63, 3.8) is 0 Å². The smallest absolute Gasteiger partial charge is 0.410 e. The van der Waals surface area contributed by atoms with Crippen LogP contribution in [-0.4, -0.2) is 39.2 Å². The molecule has 3 heterocycles. The minimum Gasteiger partial charge on any atom is -0.444 e. The maximum atomic E-state index is 12.5. The first-order valence-corrected chi connectivity index (χ1v) is 15.0. The maximum Gasteiger partial charge on any atom is 0.410 e. The van der Waals surface area contributed by atoms with E-state index >= 15 is 0 Å². The number of aromatic nitrogens is 2. The lowest BCUT2D eigenvalue weighted by atomic mass is 9.95. The molecule has 2 N–H and O–H groups in total. The number of pyridine rings is 1. The number of likely N-dealkylation sites (tertiary alicyclic amines) is 1. The molecule has 7 heteroatoms. The van der Waals surface area contributed by atoms with Gasteiger partial charge in [-0.25, -0.2) is 4.79 Å². The van der Waals surface area contributed by atoms with Crippen LogP contribution in [0.2, 0.25) is 0 Å². The molecule has 0 aliphatic carbocycles. The summed E-state index contributed by atoms with van der Waals surface area (Å²) >= 11 is 0. The van der Waals surface area contributed by atoms with Gasteiger partial charge in [0.2, 0.25) is 0 Å². The second-order valence-corrected chi connectivity index (χ2v) is 11.0. The number of amides is 1. The summed E-state index contributed by atoms with van der Waals surface area (Å²) < 4.78 is 7.82. The van der Waals surface area contributed by atoms with Crippen LogP contribution in [-0.2, 0) is 11.3 Å². The van der Waals surface area contributed by atoms with Gasteiger partial charge in [0.25, 0.3) is 0 Å². The van der Waals surface area contributed by atoms with Crippen molar-refractivity contribution in [1.29, 1.82) is 5.26 Å². The highest BCUT2D eigenvalue weighted by atomic mass is 16.6. The van der Waals surface area contributed by atoms with Gasteiger partial charge in [0.15, 0.2) is 0 Å². The molecule has 1 aliphatic rings. The number of carbonyl (C=O) groups is 1. The lowest BCUT2D eigenvalue weighted by Crippen LogP contribution is -2.42. The molecule has 0 spiro atoms. The number of hydrogen-bond donors (Lipinski definition) is 1. The van der Waals surface area contributed by atoms with Crippen LogP contribution in [0.4, 0.5) is 10.5 Å². The number of rotatable bonds is 4. The summed E-state index contributed by atoms with van der Waals surface area (Å²) in [6, 6.07) is 19.8. The summed E-state index contributed by atoms with van der Waals surface area (Å²) in [5, 5.41) is 10.4. The van der Waals surface area contributed by atoms with Crippen LogP contribution in [0.25, 0.3) is 33.3 Å². The van der Waals surface area contributed by atoms with Gasteiger partial charge in [0, 0.05) is 48.0 Å². The van der Waals surface area contributed by atoms with Gasteiger partial charge in [-0.05, 0) is 75.4 Å². The van der Waals surface area contributed by atoms with Gasteiger partial charge in [0.1, 0.15) is 5.60 Å². The number of hydrogen-bond acceptors (Lipinski definition) is 5. The topological polar surface area (TPSA) is 97.2 Å². The van der Waals surface area contributed by atoms with Gasteiger partial charge in [-0.15, -0.1) is 0 Å². The number of nitriles is 1. The molecule has 1 saturated heterocycles. The van der Waals surface area contributed by atoms with Crippen molar-refractivity contribution in [3.05, 3.63) is 72.6 Å². The standard InChI is InChI=1S/C31H33N5O2.2C2H6/c1-31(2,3)38-30(37)35-15-12-22(13-16-35)20-36-17-14-26-27(36)19-34-29(24-8-10-25(33)11-9-24)28(26)23-6-4-21(18-32)5-7-23;2*1-2/h4-11,14,17,19,22H,12-13,15-16,20,33H2,1-3H3;2*1-2H3. The van der Waals surface area contributed by atoms with Crippen molar-refractivity contribution in [2.45, 2.75) is 73.5 Å². The number of fused-ring (bicyclic) bond motifs is 1. The lowest BCUT2D eigenvalue weighted by molar-refractivity contribution is 0.0178. The van der Waals surface area contributed by atoms with E-state index in [-0.39, 0.29) is 6.09 Å². The molecule has 0 atom stereocenters. The first-order valence-electron chi connectivity index (χ1n) is 15.0. The molecule has 1 aliphatic heterocycles. The van der Waals surface area contributed by atoms with Gasteiger partial charge in [-0.3, -0.25) is 4.98 Å². The first-order chi connectivity index (χ1) is 20.2. The zero-order chi connectivity index (χ0) is 30.9. The molecule has 1 amide bonds. The van der Waals surface area contributed by atoms with Crippen LogP contribution >= 0.6 is 0 Å². The number of carbonyl (C=O) groups excluding carboxylic acids is 1. The van der Waals surface area contributed by atoms with Crippen molar-refractivity contribution in [2.75, 3.05) is 18.8 Å². The lowest BCUT2D eigenvalue weighted by Gasteiger charge is -2.33. The van der Waals surface area contributed by atoms with Gasteiger partial charge >= 0.3 is 6.09 Å². The molecule has 0 saturated carbocycles. The molecule has 42 heavy (non-hydrogen) atoms. The van der Waals surface area contributed by atoms with Gasteiger partial charge in [-0.1, -0.05) is 52.0 Å². The zero-order valence-corrected chi connectivity index (χ0v) is 26.1. The molecule has 7 nitrogen and oxygen atoms in total. The van der Waals surface area contributed by atoms with Crippen LogP contribution in [0.5, 0.6) is 0 Å². The van der Waals surface area contributed by atoms with Crippen molar-refractivity contribution in [3.8, 4) is 28.5 Å². The molecule has 0 unspecified atom stereocenters. The highest BCUT2D eigenvalue weighted by Crippen LogP contribution is 2.38. The molecule has 1 fully saturated rings.